The molecule has 0 saturated carbocycles. The van der Waals surface area contributed by atoms with Gasteiger partial charge in [0.1, 0.15) is 34.7 Å². The molecular weight excluding hydrogens is 462 g/mol. The van der Waals surface area contributed by atoms with Gasteiger partial charge in [0.2, 0.25) is 11.8 Å². The summed E-state index contributed by atoms with van der Waals surface area (Å²) < 4.78 is 0. The summed E-state index contributed by atoms with van der Waals surface area (Å²) in [5.74, 6) is -0.426. The molecule has 11 nitrogen and oxygen atoms in total. The number of aromatic nitrogens is 3. The summed E-state index contributed by atoms with van der Waals surface area (Å²) in [6, 6.07) is 14.1. The summed E-state index contributed by atoms with van der Waals surface area (Å²) >= 11 is 0. The maximum absolute atomic E-state index is 12.7. The zero-order valence-electron chi connectivity index (χ0n) is 20.0. The third kappa shape index (κ3) is 7.69. The van der Waals surface area contributed by atoms with Crippen molar-refractivity contribution in [3.8, 4) is 0 Å². The Morgan fingerprint density at radius 1 is 0.556 bits per heavy atom. The maximum Gasteiger partial charge on any atom is 0.275 e. The van der Waals surface area contributed by atoms with Crippen molar-refractivity contribution >= 4 is 46.9 Å². The molecule has 0 saturated heterocycles. The van der Waals surface area contributed by atoms with Crippen molar-refractivity contribution in [1.82, 2.24) is 15.0 Å². The molecule has 11 heteroatoms. The van der Waals surface area contributed by atoms with Crippen LogP contribution in [0.5, 0.6) is 0 Å². The third-order valence-electron chi connectivity index (χ3n) is 4.68. The fourth-order valence-electron chi connectivity index (χ4n) is 3.06. The van der Waals surface area contributed by atoms with Crippen LogP contribution in [0.25, 0.3) is 0 Å². The Bertz CT molecular complexity index is 1170. The average molecular weight is 490 g/mol. The van der Waals surface area contributed by atoms with Crippen molar-refractivity contribution in [2.75, 3.05) is 21.3 Å². The largest absolute Gasteiger partial charge is 0.311 e. The standard InChI is InChI=1S/C25H27N7O4/c1-3-8-22(33)29-18-12-6-14-20(27-18)31-24(35)16-10-5-11-17(26-16)25(36)32-21-15-7-13-19(28-21)30-23(34)9-4-2/h5-7,10-15H,3-4,8-9H2,1-2H3,(H2,27,29,31,33,35)(H2,28,30,32,34,36). The SMILES string of the molecule is CCCC(=O)Nc1cccc(NC(=O)c2cccc(C(=O)Nc3cccc(NC(=O)CCC)n3)n2)n1. The highest BCUT2D eigenvalue weighted by Crippen LogP contribution is 2.13. The van der Waals surface area contributed by atoms with Crippen LogP contribution in [0.4, 0.5) is 23.3 Å². The van der Waals surface area contributed by atoms with E-state index in [2.05, 4.69) is 36.2 Å². The van der Waals surface area contributed by atoms with E-state index in [4.69, 9.17) is 0 Å². The number of hydrogen-bond donors (Lipinski definition) is 4. The van der Waals surface area contributed by atoms with E-state index in [0.717, 1.165) is 0 Å². The van der Waals surface area contributed by atoms with Crippen LogP contribution in [0.3, 0.4) is 0 Å². The molecule has 36 heavy (non-hydrogen) atoms. The molecular formula is C25H27N7O4. The number of hydrogen-bond acceptors (Lipinski definition) is 7. The molecule has 186 valence electrons. The van der Waals surface area contributed by atoms with Gasteiger partial charge in [-0.15, -0.1) is 0 Å². The van der Waals surface area contributed by atoms with Gasteiger partial charge >= 0.3 is 0 Å². The van der Waals surface area contributed by atoms with Crippen molar-refractivity contribution in [1.29, 1.82) is 0 Å². The van der Waals surface area contributed by atoms with Gasteiger partial charge in [0.25, 0.3) is 11.8 Å². The Labute approximate surface area is 208 Å². The number of nitrogens with zero attached hydrogens (tertiary/aromatic N) is 3. The number of rotatable bonds is 10. The summed E-state index contributed by atoms with van der Waals surface area (Å²) in [6.45, 7) is 3.79. The van der Waals surface area contributed by atoms with E-state index < -0.39 is 11.8 Å². The van der Waals surface area contributed by atoms with Crippen LogP contribution in [0.1, 0.15) is 60.5 Å². The van der Waals surface area contributed by atoms with E-state index in [1.165, 1.54) is 18.2 Å². The molecule has 4 amide bonds. The van der Waals surface area contributed by atoms with Gasteiger partial charge in [-0.2, -0.15) is 0 Å². The molecule has 0 aliphatic rings. The molecule has 0 aliphatic heterocycles. The third-order valence-corrected chi connectivity index (χ3v) is 4.68. The van der Waals surface area contributed by atoms with Gasteiger partial charge in [-0.1, -0.05) is 32.0 Å². The lowest BCUT2D eigenvalue weighted by Gasteiger charge is -2.09. The fourth-order valence-corrected chi connectivity index (χ4v) is 3.06. The average Bonchev–Trinajstić information content (AvgIpc) is 2.85. The van der Waals surface area contributed by atoms with E-state index >= 15 is 0 Å². The minimum absolute atomic E-state index is 0.00147. The summed E-state index contributed by atoms with van der Waals surface area (Å²) in [7, 11) is 0. The summed E-state index contributed by atoms with van der Waals surface area (Å²) in [4.78, 5) is 61.5. The molecule has 0 unspecified atom stereocenters. The van der Waals surface area contributed by atoms with E-state index in [1.54, 1.807) is 36.4 Å². The predicted molar refractivity (Wildman–Crippen MR) is 136 cm³/mol. The summed E-state index contributed by atoms with van der Waals surface area (Å²) in [5, 5.41) is 10.5. The molecule has 0 aliphatic carbocycles. The molecule has 3 rings (SSSR count). The lowest BCUT2D eigenvalue weighted by atomic mass is 10.2. The van der Waals surface area contributed by atoms with Crippen molar-refractivity contribution in [2.24, 2.45) is 0 Å². The number of carbonyl (C=O) groups excluding carboxylic acids is 4. The molecule has 0 atom stereocenters. The van der Waals surface area contributed by atoms with Crippen LogP contribution in [0.2, 0.25) is 0 Å². The quantitative estimate of drug-likeness (QED) is 0.337. The van der Waals surface area contributed by atoms with Crippen LogP contribution in [0.15, 0.2) is 54.6 Å². The monoisotopic (exact) mass is 489 g/mol. The highest BCUT2D eigenvalue weighted by molar-refractivity contribution is 6.06. The topological polar surface area (TPSA) is 155 Å². The second-order valence-electron chi connectivity index (χ2n) is 7.73. The highest BCUT2D eigenvalue weighted by atomic mass is 16.2. The molecule has 0 fully saturated rings. The second-order valence-corrected chi connectivity index (χ2v) is 7.73. The number of carbonyl (C=O) groups is 4. The van der Waals surface area contributed by atoms with Crippen LogP contribution in [-0.2, 0) is 9.59 Å². The van der Waals surface area contributed by atoms with Crippen molar-refractivity contribution in [3.05, 3.63) is 66.0 Å². The van der Waals surface area contributed by atoms with Gasteiger partial charge < -0.3 is 21.3 Å². The zero-order valence-corrected chi connectivity index (χ0v) is 20.0. The first-order valence-electron chi connectivity index (χ1n) is 11.5. The van der Waals surface area contributed by atoms with E-state index in [0.29, 0.717) is 37.3 Å². The molecule has 0 radical (unpaired) electrons. The van der Waals surface area contributed by atoms with E-state index in [-0.39, 0.29) is 34.8 Å². The molecule has 3 aromatic rings. The van der Waals surface area contributed by atoms with Gasteiger partial charge in [0, 0.05) is 12.8 Å². The molecule has 0 spiro atoms. The number of amides is 4. The zero-order chi connectivity index (χ0) is 25.9. The molecule has 0 bridgehead atoms. The van der Waals surface area contributed by atoms with Crippen molar-refractivity contribution in [2.45, 2.75) is 39.5 Å². The summed E-state index contributed by atoms with van der Waals surface area (Å²) in [5.41, 5.74) is -0.00294. The van der Waals surface area contributed by atoms with Gasteiger partial charge in [-0.25, -0.2) is 15.0 Å². The van der Waals surface area contributed by atoms with E-state index in [1.807, 2.05) is 13.8 Å². The summed E-state index contributed by atoms with van der Waals surface area (Å²) in [6.07, 6.45) is 2.14. The first-order valence-corrected chi connectivity index (χ1v) is 11.5. The van der Waals surface area contributed by atoms with Gasteiger partial charge in [-0.05, 0) is 49.2 Å². The smallest absolute Gasteiger partial charge is 0.275 e. The lowest BCUT2D eigenvalue weighted by Crippen LogP contribution is -2.20. The minimum atomic E-state index is -0.576. The van der Waals surface area contributed by atoms with Gasteiger partial charge in [0.15, 0.2) is 0 Å². The number of pyridine rings is 3. The normalized spacial score (nSPS) is 10.3. The Morgan fingerprint density at radius 3 is 1.31 bits per heavy atom. The van der Waals surface area contributed by atoms with Gasteiger partial charge in [0.05, 0.1) is 0 Å². The number of nitrogens with one attached hydrogen (secondary N) is 4. The molecule has 3 heterocycles. The predicted octanol–water partition coefficient (Wildman–Crippen LogP) is 3.85. The van der Waals surface area contributed by atoms with Gasteiger partial charge in [-0.3, -0.25) is 19.2 Å². The minimum Gasteiger partial charge on any atom is -0.311 e. The Morgan fingerprint density at radius 2 is 0.917 bits per heavy atom. The van der Waals surface area contributed by atoms with E-state index in [9.17, 15) is 19.2 Å². The van der Waals surface area contributed by atoms with Crippen molar-refractivity contribution in [3.63, 3.8) is 0 Å². The molecule has 0 aromatic carbocycles. The Kier molecular flexibility index (Phi) is 9.15. The van der Waals surface area contributed by atoms with Crippen molar-refractivity contribution < 1.29 is 19.2 Å². The Hall–Kier alpha value is -4.67. The fraction of sp³-hybridized carbons (Fsp3) is 0.240. The van der Waals surface area contributed by atoms with Crippen LogP contribution < -0.4 is 21.3 Å². The molecule has 3 aromatic heterocycles. The molecule has 4 N–H and O–H groups in total. The first kappa shape index (κ1) is 25.9. The second kappa shape index (κ2) is 12.7. The van der Waals surface area contributed by atoms with Crippen LogP contribution >= 0.6 is 0 Å². The van der Waals surface area contributed by atoms with Crippen LogP contribution in [0, 0.1) is 0 Å². The lowest BCUT2D eigenvalue weighted by molar-refractivity contribution is -0.117. The Balaban J connectivity index is 1.66. The number of anilines is 4. The highest BCUT2D eigenvalue weighted by Gasteiger charge is 2.15. The first-order chi connectivity index (χ1) is 17.4. The van der Waals surface area contributed by atoms with Crippen LogP contribution in [-0.4, -0.2) is 38.6 Å². The maximum atomic E-state index is 12.7.